The summed E-state index contributed by atoms with van der Waals surface area (Å²) in [5.41, 5.74) is 1.14. The average molecular weight is 523 g/mol. The molecule has 4 heterocycles. The van der Waals surface area contributed by atoms with Crippen molar-refractivity contribution in [3.63, 3.8) is 0 Å². The first-order valence-corrected chi connectivity index (χ1v) is 12.6. The summed E-state index contributed by atoms with van der Waals surface area (Å²) >= 11 is 1.31. The van der Waals surface area contributed by atoms with Crippen LogP contribution in [0.3, 0.4) is 0 Å². The van der Waals surface area contributed by atoms with E-state index in [4.69, 9.17) is 9.15 Å². The number of carbonyl (C=O) groups excluding carboxylic acids is 2. The molecule has 2 N–H and O–H groups in total. The Morgan fingerprint density at radius 2 is 2.08 bits per heavy atom. The van der Waals surface area contributed by atoms with Gasteiger partial charge in [-0.25, -0.2) is 9.48 Å². The number of aryl methyl sites for hydroxylation is 1. The van der Waals surface area contributed by atoms with Crippen LogP contribution in [-0.2, 0) is 17.6 Å². The predicted molar refractivity (Wildman–Crippen MR) is 126 cm³/mol. The number of rotatable bonds is 5. The number of ether oxygens (including phenoxy) is 1. The number of aromatic nitrogens is 2. The number of halogens is 3. The lowest BCUT2D eigenvalue weighted by Crippen LogP contribution is -2.36. The van der Waals surface area contributed by atoms with Gasteiger partial charge in [-0.05, 0) is 57.2 Å². The molecule has 0 aromatic carbocycles. The van der Waals surface area contributed by atoms with Crippen LogP contribution in [-0.4, -0.2) is 33.9 Å². The Kier molecular flexibility index (Phi) is 6.31. The molecule has 8 nitrogen and oxygen atoms in total. The molecule has 0 spiro atoms. The van der Waals surface area contributed by atoms with Crippen molar-refractivity contribution >= 4 is 34.0 Å². The van der Waals surface area contributed by atoms with Crippen LogP contribution in [0.25, 0.3) is 0 Å². The summed E-state index contributed by atoms with van der Waals surface area (Å²) in [5, 5.41) is 9.98. The molecule has 2 aliphatic rings. The smallest absolute Gasteiger partial charge is 0.410 e. The van der Waals surface area contributed by atoms with Gasteiger partial charge in [-0.3, -0.25) is 4.79 Å². The Hall–Kier alpha value is -3.28. The van der Waals surface area contributed by atoms with Crippen molar-refractivity contribution in [2.45, 2.75) is 70.3 Å². The van der Waals surface area contributed by atoms with Gasteiger partial charge in [-0.1, -0.05) is 0 Å². The minimum Gasteiger partial charge on any atom is -0.467 e. The van der Waals surface area contributed by atoms with E-state index in [1.54, 1.807) is 26.0 Å². The van der Waals surface area contributed by atoms with Gasteiger partial charge in [0.15, 0.2) is 6.04 Å². The molecule has 36 heavy (non-hydrogen) atoms. The minimum absolute atomic E-state index is 0.0601. The van der Waals surface area contributed by atoms with Gasteiger partial charge in [-0.15, -0.1) is 11.3 Å². The van der Waals surface area contributed by atoms with Crippen molar-refractivity contribution in [3.05, 3.63) is 51.9 Å². The van der Waals surface area contributed by atoms with Gasteiger partial charge < -0.3 is 19.8 Å². The van der Waals surface area contributed by atoms with E-state index in [1.807, 2.05) is 0 Å². The lowest BCUT2D eigenvalue weighted by atomic mass is 9.95. The van der Waals surface area contributed by atoms with Crippen LogP contribution < -0.4 is 10.6 Å². The molecule has 3 aromatic rings. The zero-order chi connectivity index (χ0) is 25.6. The fourth-order valence-electron chi connectivity index (χ4n) is 4.72. The lowest BCUT2D eigenvalue weighted by Gasteiger charge is -2.32. The molecule has 12 heteroatoms. The van der Waals surface area contributed by atoms with Crippen LogP contribution in [0.1, 0.15) is 82.1 Å². The standard InChI is InChI=1S/C24H25F3N4O4S/c1-12(2)35-23(33)19-13-6-3-4-8-17(13)36-22(19)30-21(32)14-11-28-31-18(24(25,26)27)10-15(29-20(14)31)16-7-5-9-34-16/h5,7,9,11-12,15,18,29H,3-4,6,8,10H2,1-2H3,(H,30,32)/t15-,18-/m1/s1. The van der Waals surface area contributed by atoms with E-state index in [9.17, 15) is 22.8 Å². The maximum Gasteiger partial charge on any atom is 0.410 e. The molecule has 0 radical (unpaired) electrons. The second kappa shape index (κ2) is 9.30. The highest BCUT2D eigenvalue weighted by Crippen LogP contribution is 2.45. The van der Waals surface area contributed by atoms with E-state index in [-0.39, 0.29) is 23.9 Å². The first-order chi connectivity index (χ1) is 17.1. The normalized spacial score (nSPS) is 19.4. The summed E-state index contributed by atoms with van der Waals surface area (Å²) in [7, 11) is 0. The summed E-state index contributed by atoms with van der Waals surface area (Å²) in [6.07, 6.45) is 0.631. The van der Waals surface area contributed by atoms with E-state index in [0.29, 0.717) is 22.7 Å². The average Bonchev–Trinajstić information content (AvgIpc) is 3.55. The monoisotopic (exact) mass is 522 g/mol. The third kappa shape index (κ3) is 4.49. The zero-order valence-corrected chi connectivity index (χ0v) is 20.5. The third-order valence-electron chi connectivity index (χ3n) is 6.31. The molecule has 192 valence electrons. The van der Waals surface area contributed by atoms with Crippen LogP contribution in [0.15, 0.2) is 29.0 Å². The quantitative estimate of drug-likeness (QED) is 0.405. The van der Waals surface area contributed by atoms with E-state index in [1.165, 1.54) is 17.6 Å². The van der Waals surface area contributed by atoms with Gasteiger partial charge in [0, 0.05) is 11.3 Å². The summed E-state index contributed by atoms with van der Waals surface area (Å²) < 4.78 is 53.2. The predicted octanol–water partition coefficient (Wildman–Crippen LogP) is 5.89. The van der Waals surface area contributed by atoms with Crippen molar-refractivity contribution < 1.29 is 31.9 Å². The Bertz CT molecular complexity index is 1280. The van der Waals surface area contributed by atoms with Gasteiger partial charge >= 0.3 is 12.1 Å². The summed E-state index contributed by atoms with van der Waals surface area (Å²) in [4.78, 5) is 27.3. The van der Waals surface area contributed by atoms with E-state index in [0.717, 1.165) is 40.6 Å². The molecule has 0 fully saturated rings. The highest BCUT2D eigenvalue weighted by molar-refractivity contribution is 7.17. The highest BCUT2D eigenvalue weighted by atomic mass is 32.1. The molecule has 1 amide bonds. The number of esters is 1. The number of fused-ring (bicyclic) bond motifs is 2. The number of furan rings is 1. The summed E-state index contributed by atoms with van der Waals surface area (Å²) in [6, 6.07) is 0.443. The summed E-state index contributed by atoms with van der Waals surface area (Å²) in [5.74, 6) is -0.922. The first kappa shape index (κ1) is 24.4. The number of nitrogens with one attached hydrogen (secondary N) is 2. The number of hydrogen-bond donors (Lipinski definition) is 2. The molecule has 0 unspecified atom stereocenters. The van der Waals surface area contributed by atoms with E-state index < -0.39 is 30.1 Å². The van der Waals surface area contributed by atoms with Gasteiger partial charge in [-0.2, -0.15) is 18.3 Å². The number of nitrogens with zero attached hydrogens (tertiary/aromatic N) is 2. The molecule has 0 saturated carbocycles. The van der Waals surface area contributed by atoms with Crippen molar-refractivity contribution in [1.82, 2.24) is 9.78 Å². The molecule has 3 aromatic heterocycles. The van der Waals surface area contributed by atoms with Crippen molar-refractivity contribution in [3.8, 4) is 0 Å². The van der Waals surface area contributed by atoms with Crippen LogP contribution in [0, 0.1) is 0 Å². The molecular formula is C24H25F3N4O4S. The number of amides is 1. The maximum atomic E-state index is 13.9. The first-order valence-electron chi connectivity index (χ1n) is 11.7. The van der Waals surface area contributed by atoms with Gasteiger partial charge in [0.2, 0.25) is 0 Å². The second-order valence-electron chi connectivity index (χ2n) is 9.18. The molecule has 0 saturated heterocycles. The number of hydrogen-bond acceptors (Lipinski definition) is 7. The Balaban J connectivity index is 1.49. The molecule has 5 rings (SSSR count). The molecule has 2 atom stereocenters. The number of anilines is 2. The van der Waals surface area contributed by atoms with Crippen molar-refractivity contribution in [2.75, 3.05) is 10.6 Å². The van der Waals surface area contributed by atoms with Gasteiger partial charge in [0.1, 0.15) is 22.1 Å². The minimum atomic E-state index is -4.58. The zero-order valence-electron chi connectivity index (χ0n) is 19.6. The van der Waals surface area contributed by atoms with Crippen LogP contribution in [0.5, 0.6) is 0 Å². The molecule has 1 aliphatic carbocycles. The van der Waals surface area contributed by atoms with Crippen molar-refractivity contribution in [1.29, 1.82) is 0 Å². The number of alkyl halides is 3. The lowest BCUT2D eigenvalue weighted by molar-refractivity contribution is -0.174. The largest absolute Gasteiger partial charge is 0.467 e. The van der Waals surface area contributed by atoms with Gasteiger partial charge in [0.25, 0.3) is 5.91 Å². The Labute approximate surface area is 208 Å². The van der Waals surface area contributed by atoms with Crippen molar-refractivity contribution in [2.24, 2.45) is 0 Å². The topological polar surface area (TPSA) is 98.4 Å². The Morgan fingerprint density at radius 1 is 1.31 bits per heavy atom. The summed E-state index contributed by atoms with van der Waals surface area (Å²) in [6.45, 7) is 3.48. The van der Waals surface area contributed by atoms with Crippen LogP contribution in [0.2, 0.25) is 0 Å². The maximum absolute atomic E-state index is 13.9. The molecule has 1 aliphatic heterocycles. The van der Waals surface area contributed by atoms with Crippen LogP contribution >= 0.6 is 11.3 Å². The third-order valence-corrected chi connectivity index (χ3v) is 7.52. The molecule has 0 bridgehead atoms. The van der Waals surface area contributed by atoms with Gasteiger partial charge in [0.05, 0.1) is 30.2 Å². The number of thiophene rings is 1. The highest BCUT2D eigenvalue weighted by Gasteiger charge is 2.48. The SMILES string of the molecule is CC(C)OC(=O)c1c(NC(=O)c2cnn3c2N[C@@H](c2ccco2)C[C@@H]3C(F)(F)F)sc2c1CCCC2. The fourth-order valence-corrected chi connectivity index (χ4v) is 5.99. The van der Waals surface area contributed by atoms with E-state index >= 15 is 0 Å². The molecular weight excluding hydrogens is 497 g/mol. The fraction of sp³-hybridized carbons (Fsp3) is 0.458. The number of carbonyl (C=O) groups is 2. The van der Waals surface area contributed by atoms with E-state index in [2.05, 4.69) is 15.7 Å². The van der Waals surface area contributed by atoms with Crippen LogP contribution in [0.4, 0.5) is 24.0 Å². The second-order valence-corrected chi connectivity index (χ2v) is 10.3. The Morgan fingerprint density at radius 3 is 2.78 bits per heavy atom.